The second-order valence-electron chi connectivity index (χ2n) is 9.68. The van der Waals surface area contributed by atoms with Crippen LogP contribution in [0.4, 0.5) is 10.5 Å². The number of thiophene rings is 1. The molecule has 0 saturated carbocycles. The molecule has 0 spiro atoms. The minimum absolute atomic E-state index is 0.158. The number of anilines is 1. The highest BCUT2D eigenvalue weighted by Gasteiger charge is 2.48. The number of Topliss-reactive ketones (excluding diaryl/α,β-unsaturated/α-hetero) is 1. The highest BCUT2D eigenvalue weighted by atomic mass is 32.1. The fourth-order valence-electron chi connectivity index (χ4n) is 5.41. The third kappa shape index (κ3) is 4.93. The van der Waals surface area contributed by atoms with E-state index in [1.807, 2.05) is 79.0 Å². The number of amides is 1. The lowest BCUT2D eigenvalue weighted by Gasteiger charge is -2.51. The molecule has 3 fully saturated rings. The maximum Gasteiger partial charge on any atom is 0.415 e. The lowest BCUT2D eigenvalue weighted by atomic mass is 9.83. The van der Waals surface area contributed by atoms with Crippen molar-refractivity contribution in [3.05, 3.63) is 88.1 Å². The van der Waals surface area contributed by atoms with Gasteiger partial charge in [-0.1, -0.05) is 48.5 Å². The van der Waals surface area contributed by atoms with E-state index < -0.39 is 0 Å². The van der Waals surface area contributed by atoms with Gasteiger partial charge in [-0.15, -0.1) is 11.3 Å². The number of ether oxygens (including phenoxy) is 1. The molecule has 4 heterocycles. The number of quaternary nitrogens is 1. The fraction of sp³-hybridized carbons (Fsp3) is 0.357. The molecule has 0 aliphatic carbocycles. The summed E-state index contributed by atoms with van der Waals surface area (Å²) < 4.78 is 6.93. The average molecular weight is 476 g/mol. The first-order valence-electron chi connectivity index (χ1n) is 12.0. The Morgan fingerprint density at radius 3 is 2.53 bits per heavy atom. The number of rotatable bonds is 7. The summed E-state index contributed by atoms with van der Waals surface area (Å²) in [6.45, 7) is 5.67. The van der Waals surface area contributed by atoms with Crippen LogP contribution < -0.4 is 4.90 Å². The van der Waals surface area contributed by atoms with Crippen molar-refractivity contribution in [1.82, 2.24) is 0 Å². The number of piperidine rings is 3. The zero-order valence-corrected chi connectivity index (χ0v) is 20.4. The molecule has 3 aliphatic rings. The van der Waals surface area contributed by atoms with Gasteiger partial charge in [0.15, 0.2) is 6.10 Å². The monoisotopic (exact) mass is 475 g/mol. The lowest BCUT2D eigenvalue weighted by molar-refractivity contribution is -0.938. The molecule has 0 unspecified atom stereocenters. The molecule has 6 heteroatoms. The number of aryl methyl sites for hydroxylation is 1. The van der Waals surface area contributed by atoms with Gasteiger partial charge in [-0.3, -0.25) is 9.69 Å². The first kappa shape index (κ1) is 22.8. The summed E-state index contributed by atoms with van der Waals surface area (Å²) in [5.41, 5.74) is 2.72. The van der Waals surface area contributed by atoms with Crippen LogP contribution in [0.3, 0.4) is 0 Å². The van der Waals surface area contributed by atoms with Crippen molar-refractivity contribution in [1.29, 1.82) is 0 Å². The number of nitrogens with zero attached hydrogens (tertiary/aromatic N) is 2. The summed E-state index contributed by atoms with van der Waals surface area (Å²) in [6.07, 6.45) is 1.53. The maximum atomic E-state index is 13.5. The molecule has 5 nitrogen and oxygen atoms in total. The van der Waals surface area contributed by atoms with Crippen molar-refractivity contribution < 1.29 is 18.8 Å². The molecular formula is C28H31N2O3S+. The number of hydrogen-bond donors (Lipinski definition) is 0. The minimum atomic E-state index is -0.301. The van der Waals surface area contributed by atoms with E-state index in [1.54, 1.807) is 16.2 Å². The second kappa shape index (κ2) is 9.72. The largest absolute Gasteiger partial charge is 0.440 e. The maximum absolute atomic E-state index is 13.5. The SMILES string of the molecule is Cc1cccc(N(Cc2cccs2)C(=O)O[C@H]2C[N+]3(CC(=O)c4ccccc4)CCC2CC3)c1. The second-order valence-corrected chi connectivity index (χ2v) is 10.7. The van der Waals surface area contributed by atoms with Gasteiger partial charge >= 0.3 is 6.09 Å². The van der Waals surface area contributed by atoms with Crippen molar-refractivity contribution >= 4 is 28.9 Å². The van der Waals surface area contributed by atoms with Crippen LogP contribution in [-0.4, -0.2) is 48.6 Å². The summed E-state index contributed by atoms with van der Waals surface area (Å²) >= 11 is 1.64. The van der Waals surface area contributed by atoms with E-state index in [2.05, 4.69) is 0 Å². The smallest absolute Gasteiger partial charge is 0.415 e. The third-order valence-corrected chi connectivity index (χ3v) is 8.16. The molecule has 176 valence electrons. The molecule has 2 bridgehead atoms. The van der Waals surface area contributed by atoms with Gasteiger partial charge < -0.3 is 9.22 Å². The number of carbonyl (C=O) groups is 2. The summed E-state index contributed by atoms with van der Waals surface area (Å²) in [5, 5.41) is 2.03. The van der Waals surface area contributed by atoms with Crippen molar-refractivity contribution in [2.24, 2.45) is 5.92 Å². The number of ketones is 1. The Kier molecular flexibility index (Phi) is 6.53. The normalized spacial score (nSPS) is 23.4. The first-order valence-corrected chi connectivity index (χ1v) is 12.9. The van der Waals surface area contributed by atoms with Gasteiger partial charge in [0.25, 0.3) is 0 Å². The Labute approximate surface area is 205 Å². The van der Waals surface area contributed by atoms with Gasteiger partial charge in [0.1, 0.15) is 13.1 Å². The van der Waals surface area contributed by atoms with Crippen molar-refractivity contribution in [2.75, 3.05) is 31.1 Å². The van der Waals surface area contributed by atoms with E-state index in [9.17, 15) is 9.59 Å². The van der Waals surface area contributed by atoms with Crippen LogP contribution in [0.2, 0.25) is 0 Å². The molecule has 3 saturated heterocycles. The third-order valence-electron chi connectivity index (χ3n) is 7.30. The standard InChI is InChI=1S/C28H31N2O3S/c1-21-7-5-10-24(17-21)29(18-25-11-6-16-34-25)28(32)33-27-20-30(14-12-23(27)13-15-30)19-26(31)22-8-3-2-4-9-22/h2-11,16-17,23,27H,12-15,18-20H2,1H3/q+1/t23?,27-,30?/m0/s1. The Morgan fingerprint density at radius 1 is 1.03 bits per heavy atom. The quantitative estimate of drug-likeness (QED) is 0.326. The van der Waals surface area contributed by atoms with Crippen molar-refractivity contribution in [3.8, 4) is 0 Å². The van der Waals surface area contributed by atoms with E-state index in [-0.39, 0.29) is 18.0 Å². The fourth-order valence-corrected chi connectivity index (χ4v) is 6.10. The predicted molar refractivity (Wildman–Crippen MR) is 135 cm³/mol. The molecule has 1 atom stereocenters. The Balaban J connectivity index is 1.32. The highest BCUT2D eigenvalue weighted by Crippen LogP contribution is 2.36. The minimum Gasteiger partial charge on any atom is -0.440 e. The number of hydrogen-bond acceptors (Lipinski definition) is 4. The molecule has 3 aromatic rings. The van der Waals surface area contributed by atoms with Crippen LogP contribution in [0.25, 0.3) is 0 Å². The van der Waals surface area contributed by atoms with Gasteiger partial charge in [-0.25, -0.2) is 4.79 Å². The highest BCUT2D eigenvalue weighted by molar-refractivity contribution is 7.09. The predicted octanol–water partition coefficient (Wildman–Crippen LogP) is 5.69. The lowest BCUT2D eigenvalue weighted by Crippen LogP contribution is -2.66. The summed E-state index contributed by atoms with van der Waals surface area (Å²) in [6, 6.07) is 21.6. The zero-order valence-electron chi connectivity index (χ0n) is 19.6. The molecule has 34 heavy (non-hydrogen) atoms. The molecule has 3 aliphatic heterocycles. The number of benzene rings is 2. The summed E-state index contributed by atoms with van der Waals surface area (Å²) in [4.78, 5) is 29.4. The van der Waals surface area contributed by atoms with E-state index in [4.69, 9.17) is 4.74 Å². The molecule has 1 aromatic heterocycles. The molecule has 0 radical (unpaired) electrons. The van der Waals surface area contributed by atoms with Crippen LogP contribution in [0.5, 0.6) is 0 Å². The van der Waals surface area contributed by atoms with Crippen LogP contribution in [0.15, 0.2) is 72.1 Å². The van der Waals surface area contributed by atoms with Crippen LogP contribution in [-0.2, 0) is 11.3 Å². The first-order chi connectivity index (χ1) is 16.5. The van der Waals surface area contributed by atoms with Crippen molar-refractivity contribution in [2.45, 2.75) is 32.4 Å². The Hall–Kier alpha value is -2.96. The van der Waals surface area contributed by atoms with Crippen LogP contribution in [0.1, 0.15) is 33.6 Å². The molecule has 6 rings (SSSR count). The van der Waals surface area contributed by atoms with Gasteiger partial charge in [0.05, 0.1) is 19.6 Å². The molecule has 0 N–H and O–H groups in total. The topological polar surface area (TPSA) is 46.6 Å². The summed E-state index contributed by atoms with van der Waals surface area (Å²) in [7, 11) is 0. The van der Waals surface area contributed by atoms with E-state index in [0.717, 1.165) is 58.7 Å². The van der Waals surface area contributed by atoms with Gasteiger partial charge in [0.2, 0.25) is 5.78 Å². The Bertz CT molecular complexity index is 1140. The van der Waals surface area contributed by atoms with Gasteiger partial charge in [-0.2, -0.15) is 0 Å². The van der Waals surface area contributed by atoms with E-state index in [1.165, 1.54) is 0 Å². The molecule has 1 amide bonds. The van der Waals surface area contributed by atoms with Crippen molar-refractivity contribution in [3.63, 3.8) is 0 Å². The summed E-state index contributed by atoms with van der Waals surface area (Å²) in [5.74, 6) is 0.544. The van der Waals surface area contributed by atoms with E-state index >= 15 is 0 Å². The molecular weight excluding hydrogens is 444 g/mol. The van der Waals surface area contributed by atoms with Crippen LogP contribution >= 0.6 is 11.3 Å². The molecule has 2 aromatic carbocycles. The Morgan fingerprint density at radius 2 is 1.82 bits per heavy atom. The van der Waals surface area contributed by atoms with Crippen LogP contribution in [0, 0.1) is 12.8 Å². The number of carbonyl (C=O) groups excluding carboxylic acids is 2. The average Bonchev–Trinajstić information content (AvgIpc) is 3.37. The van der Waals surface area contributed by atoms with Gasteiger partial charge in [-0.05, 0) is 36.1 Å². The van der Waals surface area contributed by atoms with Gasteiger partial charge in [0, 0.05) is 34.9 Å². The van der Waals surface area contributed by atoms with E-state index in [0.29, 0.717) is 19.0 Å². The zero-order chi connectivity index (χ0) is 23.5. The number of fused-ring (bicyclic) bond motifs is 3.